The van der Waals surface area contributed by atoms with Gasteiger partial charge in [0.05, 0.1) is 10.9 Å². The van der Waals surface area contributed by atoms with Gasteiger partial charge in [-0.15, -0.1) is 0 Å². The first kappa shape index (κ1) is 27.2. The van der Waals surface area contributed by atoms with E-state index in [1.165, 1.54) is 123 Å². The van der Waals surface area contributed by atoms with Crippen LogP contribution in [0.5, 0.6) is 23.0 Å². The maximum atomic E-state index is 6.03. The van der Waals surface area contributed by atoms with Crippen LogP contribution in [0.4, 0.5) is 0 Å². The Labute approximate surface area is 239 Å². The zero-order chi connectivity index (χ0) is 27.1. The number of hydrogen-bond acceptors (Lipinski definition) is 4. The Morgan fingerprint density at radius 2 is 1.27 bits per heavy atom. The van der Waals surface area contributed by atoms with Crippen molar-refractivity contribution in [1.82, 2.24) is 0 Å². The molecule has 0 aliphatic carbocycles. The molecule has 1 aromatic heterocycles. The van der Waals surface area contributed by atoms with Crippen LogP contribution in [0.1, 0.15) is 108 Å². The van der Waals surface area contributed by atoms with Crippen molar-refractivity contribution in [1.29, 1.82) is 0 Å². The monoisotopic (exact) mass is 544 g/mol. The average Bonchev–Trinajstić information content (AvgIpc) is 3.65. The van der Waals surface area contributed by atoms with Crippen molar-refractivity contribution in [2.24, 2.45) is 0 Å². The van der Waals surface area contributed by atoms with Gasteiger partial charge < -0.3 is 18.9 Å². The SMILES string of the molecule is CCCCCCCCCCCCCCCCc1c2c3c(ccc2cc2[n+]1CCc1cc4c(cc1-2)OCO4)OCO3. The summed E-state index contributed by atoms with van der Waals surface area (Å²) < 4.78 is 25.8. The van der Waals surface area contributed by atoms with Crippen LogP contribution < -0.4 is 23.5 Å². The van der Waals surface area contributed by atoms with Crippen LogP contribution in [0, 0.1) is 0 Å². The highest BCUT2D eigenvalue weighted by atomic mass is 16.7. The summed E-state index contributed by atoms with van der Waals surface area (Å²) in [5.41, 5.74) is 5.26. The van der Waals surface area contributed by atoms with Crippen LogP contribution in [-0.2, 0) is 19.4 Å². The average molecular weight is 545 g/mol. The van der Waals surface area contributed by atoms with Gasteiger partial charge >= 0.3 is 0 Å². The fourth-order valence-corrected chi connectivity index (χ4v) is 6.80. The number of ether oxygens (including phenoxy) is 4. The molecule has 0 atom stereocenters. The normalized spacial score (nSPS) is 14.5. The molecule has 0 saturated heterocycles. The van der Waals surface area contributed by atoms with Crippen LogP contribution >= 0.6 is 0 Å². The largest absolute Gasteiger partial charge is 0.454 e. The summed E-state index contributed by atoms with van der Waals surface area (Å²) in [6, 6.07) is 10.9. The number of benzene rings is 2. The Balaban J connectivity index is 1.08. The van der Waals surface area contributed by atoms with E-state index in [4.69, 9.17) is 18.9 Å². The highest BCUT2D eigenvalue weighted by Crippen LogP contribution is 2.44. The molecule has 0 bridgehead atoms. The quantitative estimate of drug-likeness (QED) is 0.142. The van der Waals surface area contributed by atoms with Crippen molar-refractivity contribution < 1.29 is 23.5 Å². The Morgan fingerprint density at radius 3 is 2.00 bits per heavy atom. The molecule has 40 heavy (non-hydrogen) atoms. The zero-order valence-electron chi connectivity index (χ0n) is 24.4. The summed E-state index contributed by atoms with van der Waals surface area (Å²) in [5.74, 6) is 3.52. The first-order valence-electron chi connectivity index (χ1n) is 16.0. The number of aromatic nitrogens is 1. The minimum Gasteiger partial charge on any atom is -0.454 e. The molecule has 3 aliphatic rings. The van der Waals surface area contributed by atoms with E-state index >= 15 is 0 Å². The Hall–Kier alpha value is -2.95. The van der Waals surface area contributed by atoms with Crippen LogP contribution in [0.15, 0.2) is 30.3 Å². The molecule has 5 heteroatoms. The third kappa shape index (κ3) is 5.89. The lowest BCUT2D eigenvalue weighted by atomic mass is 9.92. The molecule has 5 nitrogen and oxygen atoms in total. The van der Waals surface area contributed by atoms with Crippen molar-refractivity contribution in [2.75, 3.05) is 13.6 Å². The van der Waals surface area contributed by atoms with E-state index in [2.05, 4.69) is 41.8 Å². The molecule has 0 N–H and O–H groups in total. The van der Waals surface area contributed by atoms with Crippen LogP contribution in [-0.4, -0.2) is 13.6 Å². The summed E-state index contributed by atoms with van der Waals surface area (Å²) in [6.07, 6.45) is 21.4. The molecule has 3 aliphatic heterocycles. The third-order valence-corrected chi connectivity index (χ3v) is 9.02. The lowest BCUT2D eigenvalue weighted by molar-refractivity contribution is -0.693. The lowest BCUT2D eigenvalue weighted by Gasteiger charge is -2.19. The number of unbranched alkanes of at least 4 members (excludes halogenated alkanes) is 13. The molecule has 3 aromatic rings. The highest BCUT2D eigenvalue weighted by molar-refractivity contribution is 5.94. The van der Waals surface area contributed by atoms with Crippen LogP contribution in [0.2, 0.25) is 0 Å². The van der Waals surface area contributed by atoms with E-state index in [1.54, 1.807) is 0 Å². The minimum atomic E-state index is 0.306. The topological polar surface area (TPSA) is 40.8 Å². The standard InChI is InChI=1S/C35H46NO4/c1-2-3-4-5-6-7-8-9-10-11-12-13-14-15-16-29-34-27(17-18-31-35(34)40-25-37-31)21-30-28-23-33-32(38-24-39-33)22-26(28)19-20-36(29)30/h17-18,21-23H,2-16,19-20,24-25H2,1H3/q+1. The number of rotatable bonds is 15. The first-order chi connectivity index (χ1) is 19.8. The second kappa shape index (κ2) is 13.1. The molecule has 0 saturated carbocycles. The first-order valence-corrected chi connectivity index (χ1v) is 16.0. The zero-order valence-corrected chi connectivity index (χ0v) is 24.4. The van der Waals surface area contributed by atoms with Gasteiger partial charge in [-0.25, -0.2) is 0 Å². The van der Waals surface area contributed by atoms with E-state index in [0.717, 1.165) is 42.4 Å². The number of aryl methyl sites for hydroxylation is 2. The van der Waals surface area contributed by atoms with Gasteiger partial charge in [0.25, 0.3) is 0 Å². The summed E-state index contributed by atoms with van der Waals surface area (Å²) in [5, 5.41) is 2.46. The van der Waals surface area contributed by atoms with Gasteiger partial charge in [-0.05, 0) is 41.6 Å². The molecular weight excluding hydrogens is 498 g/mol. The number of hydrogen-bond donors (Lipinski definition) is 0. The molecule has 6 rings (SSSR count). The van der Waals surface area contributed by atoms with E-state index in [9.17, 15) is 0 Å². The van der Waals surface area contributed by atoms with Gasteiger partial charge in [0.15, 0.2) is 35.2 Å². The minimum absolute atomic E-state index is 0.306. The van der Waals surface area contributed by atoms with Gasteiger partial charge in [0.2, 0.25) is 19.3 Å². The number of nitrogens with zero attached hydrogens (tertiary/aromatic N) is 1. The molecule has 0 radical (unpaired) electrons. The van der Waals surface area contributed by atoms with Crippen molar-refractivity contribution >= 4 is 10.8 Å². The smallest absolute Gasteiger partial charge is 0.231 e. The second-order valence-corrected chi connectivity index (χ2v) is 11.9. The van der Waals surface area contributed by atoms with Gasteiger partial charge in [0, 0.05) is 18.9 Å². The Kier molecular flexibility index (Phi) is 8.95. The van der Waals surface area contributed by atoms with Crippen LogP contribution in [0.3, 0.4) is 0 Å². The fraction of sp³-hybridized carbons (Fsp3) is 0.571. The Bertz CT molecular complexity index is 1320. The van der Waals surface area contributed by atoms with E-state index in [1.807, 2.05) is 0 Å². The third-order valence-electron chi connectivity index (χ3n) is 9.02. The number of fused-ring (bicyclic) bond motifs is 7. The summed E-state index contributed by atoms with van der Waals surface area (Å²) >= 11 is 0. The molecule has 0 unspecified atom stereocenters. The molecule has 0 spiro atoms. The predicted molar refractivity (Wildman–Crippen MR) is 160 cm³/mol. The predicted octanol–water partition coefficient (Wildman–Crippen LogP) is 8.83. The van der Waals surface area contributed by atoms with E-state index in [-0.39, 0.29) is 0 Å². The second-order valence-electron chi connectivity index (χ2n) is 11.9. The van der Waals surface area contributed by atoms with E-state index in [0.29, 0.717) is 13.6 Å². The van der Waals surface area contributed by atoms with Crippen LogP contribution in [0.25, 0.3) is 22.0 Å². The summed E-state index contributed by atoms with van der Waals surface area (Å²) in [4.78, 5) is 0. The van der Waals surface area contributed by atoms with Crippen molar-refractivity contribution in [3.05, 3.63) is 41.6 Å². The molecule has 4 heterocycles. The molecular formula is C35H46NO4+. The van der Waals surface area contributed by atoms with Gasteiger partial charge in [-0.1, -0.05) is 90.4 Å². The summed E-state index contributed by atoms with van der Waals surface area (Å²) in [6.45, 7) is 3.88. The molecule has 214 valence electrons. The maximum absolute atomic E-state index is 6.03. The van der Waals surface area contributed by atoms with E-state index < -0.39 is 0 Å². The molecule has 0 fully saturated rings. The van der Waals surface area contributed by atoms with Crippen molar-refractivity contribution in [3.63, 3.8) is 0 Å². The van der Waals surface area contributed by atoms with Gasteiger partial charge in [-0.3, -0.25) is 0 Å². The van der Waals surface area contributed by atoms with Gasteiger partial charge in [0.1, 0.15) is 0 Å². The summed E-state index contributed by atoms with van der Waals surface area (Å²) in [7, 11) is 0. The highest BCUT2D eigenvalue weighted by Gasteiger charge is 2.33. The Morgan fingerprint density at radius 1 is 0.650 bits per heavy atom. The molecule has 0 amide bonds. The van der Waals surface area contributed by atoms with Crippen molar-refractivity contribution in [3.8, 4) is 34.3 Å². The van der Waals surface area contributed by atoms with Crippen molar-refractivity contribution in [2.45, 2.75) is 116 Å². The molecule has 2 aromatic carbocycles. The fourth-order valence-electron chi connectivity index (χ4n) is 6.80. The van der Waals surface area contributed by atoms with Gasteiger partial charge in [-0.2, -0.15) is 4.57 Å². The maximum Gasteiger partial charge on any atom is 0.231 e. The lowest BCUT2D eigenvalue weighted by Crippen LogP contribution is -2.44. The number of pyridine rings is 1.